The molecule has 4 heterocycles. The molecule has 0 aromatic carbocycles. The van der Waals surface area contributed by atoms with Gasteiger partial charge >= 0.3 is 0 Å². The van der Waals surface area contributed by atoms with E-state index in [1.54, 1.807) is 0 Å². The number of fused-ring (bicyclic) bond motifs is 2. The molecule has 9 heteroatoms. The van der Waals surface area contributed by atoms with Crippen molar-refractivity contribution >= 4 is 40.1 Å². The SMILES string of the molecule is CCSc1nc2c3c(nc(Cl)c(F)c3n1)[C@H](O)C[C@@H]1CN[C@H](CC)CN21. The molecule has 0 aliphatic carbocycles. The van der Waals surface area contributed by atoms with Crippen LogP contribution in [-0.2, 0) is 0 Å². The number of thioether (sulfide) groups is 1. The summed E-state index contributed by atoms with van der Waals surface area (Å²) < 4.78 is 14.8. The van der Waals surface area contributed by atoms with Crippen molar-refractivity contribution in [3.05, 3.63) is 16.7 Å². The molecule has 140 valence electrons. The number of halogens is 2. The van der Waals surface area contributed by atoms with Gasteiger partial charge < -0.3 is 15.3 Å². The number of hydrogen-bond acceptors (Lipinski definition) is 7. The van der Waals surface area contributed by atoms with Crippen LogP contribution in [0.2, 0.25) is 5.15 Å². The molecule has 0 spiro atoms. The highest BCUT2D eigenvalue weighted by Gasteiger charge is 2.37. The molecule has 0 unspecified atom stereocenters. The lowest BCUT2D eigenvalue weighted by Crippen LogP contribution is -2.56. The first-order valence-corrected chi connectivity index (χ1v) is 10.3. The fourth-order valence-corrected chi connectivity index (χ4v) is 4.50. The van der Waals surface area contributed by atoms with Gasteiger partial charge in [-0.1, -0.05) is 37.2 Å². The Hall–Kier alpha value is -1.22. The van der Waals surface area contributed by atoms with Gasteiger partial charge in [0.25, 0.3) is 0 Å². The van der Waals surface area contributed by atoms with Crippen LogP contribution in [0.3, 0.4) is 0 Å². The standard InChI is InChI=1S/C17H21ClFN5OS/c1-3-8-7-24-9(6-20-8)5-10(25)13-11-14(12(19)15(18)21-13)22-17(26-4-2)23-16(11)24/h8-10,20,25H,3-7H2,1-2H3/t8-,9-,10-/m1/s1. The second-order valence-corrected chi connectivity index (χ2v) is 8.25. The molecule has 0 radical (unpaired) electrons. The Morgan fingerprint density at radius 2 is 2.15 bits per heavy atom. The molecule has 4 rings (SSSR count). The third-order valence-electron chi connectivity index (χ3n) is 5.08. The van der Waals surface area contributed by atoms with E-state index < -0.39 is 11.9 Å². The number of hydrogen-bond donors (Lipinski definition) is 2. The Bertz CT molecular complexity index is 854. The molecule has 3 atom stereocenters. The van der Waals surface area contributed by atoms with Crippen LogP contribution >= 0.6 is 23.4 Å². The highest BCUT2D eigenvalue weighted by atomic mass is 35.5. The molecule has 0 saturated carbocycles. The lowest BCUT2D eigenvalue weighted by atomic mass is 10.0. The van der Waals surface area contributed by atoms with Crippen molar-refractivity contribution in [2.45, 2.75) is 50.0 Å². The van der Waals surface area contributed by atoms with E-state index >= 15 is 0 Å². The molecular formula is C17H21ClFN5OS. The van der Waals surface area contributed by atoms with E-state index in [1.165, 1.54) is 11.8 Å². The molecule has 2 aliphatic heterocycles. The molecule has 2 aromatic rings. The lowest BCUT2D eigenvalue weighted by Gasteiger charge is -2.40. The summed E-state index contributed by atoms with van der Waals surface area (Å²) in [6.07, 6.45) is 0.633. The van der Waals surface area contributed by atoms with Crippen LogP contribution < -0.4 is 10.2 Å². The van der Waals surface area contributed by atoms with Gasteiger partial charge in [0.1, 0.15) is 11.3 Å². The van der Waals surface area contributed by atoms with E-state index in [0.29, 0.717) is 34.5 Å². The number of anilines is 1. The summed E-state index contributed by atoms with van der Waals surface area (Å²) in [5.41, 5.74) is 0.518. The maximum Gasteiger partial charge on any atom is 0.190 e. The van der Waals surface area contributed by atoms with Gasteiger partial charge in [-0.3, -0.25) is 0 Å². The Kier molecular flexibility index (Phi) is 4.94. The number of aliphatic hydroxyl groups is 1. The van der Waals surface area contributed by atoms with Gasteiger partial charge in [0.05, 0.1) is 17.2 Å². The van der Waals surface area contributed by atoms with Crippen LogP contribution in [0.15, 0.2) is 5.16 Å². The molecule has 0 amide bonds. The third-order valence-corrected chi connectivity index (χ3v) is 6.06. The fourth-order valence-electron chi connectivity index (χ4n) is 3.75. The highest BCUT2D eigenvalue weighted by molar-refractivity contribution is 7.99. The second kappa shape index (κ2) is 7.07. The van der Waals surface area contributed by atoms with Crippen molar-refractivity contribution in [3.63, 3.8) is 0 Å². The van der Waals surface area contributed by atoms with Crippen LogP contribution in [0.4, 0.5) is 10.2 Å². The van der Waals surface area contributed by atoms with Crippen LogP contribution in [0.1, 0.15) is 38.5 Å². The summed E-state index contributed by atoms with van der Waals surface area (Å²) in [5.74, 6) is 0.786. The van der Waals surface area contributed by atoms with Crippen LogP contribution in [0.5, 0.6) is 0 Å². The summed E-state index contributed by atoms with van der Waals surface area (Å²) in [7, 11) is 0. The van der Waals surface area contributed by atoms with E-state index in [1.807, 2.05) is 6.92 Å². The number of aliphatic hydroxyl groups excluding tert-OH is 1. The second-order valence-electron chi connectivity index (χ2n) is 6.66. The predicted octanol–water partition coefficient (Wildman–Crippen LogP) is 2.92. The summed E-state index contributed by atoms with van der Waals surface area (Å²) in [6.45, 7) is 5.62. The zero-order chi connectivity index (χ0) is 18.4. The summed E-state index contributed by atoms with van der Waals surface area (Å²) in [6, 6.07) is 0.378. The van der Waals surface area contributed by atoms with E-state index in [9.17, 15) is 9.50 Å². The number of piperazine rings is 1. The van der Waals surface area contributed by atoms with Crippen molar-refractivity contribution in [3.8, 4) is 0 Å². The van der Waals surface area contributed by atoms with Gasteiger partial charge in [0.2, 0.25) is 0 Å². The Labute approximate surface area is 160 Å². The first-order chi connectivity index (χ1) is 12.5. The predicted molar refractivity (Wildman–Crippen MR) is 101 cm³/mol. The van der Waals surface area contributed by atoms with Gasteiger partial charge in [0.15, 0.2) is 16.1 Å². The van der Waals surface area contributed by atoms with Crippen molar-refractivity contribution in [1.82, 2.24) is 20.3 Å². The van der Waals surface area contributed by atoms with E-state index in [4.69, 9.17) is 16.6 Å². The molecule has 2 aromatic heterocycles. The van der Waals surface area contributed by atoms with E-state index in [2.05, 4.69) is 27.1 Å². The summed E-state index contributed by atoms with van der Waals surface area (Å²) in [4.78, 5) is 15.4. The van der Waals surface area contributed by atoms with Crippen LogP contribution in [0, 0.1) is 5.82 Å². The largest absolute Gasteiger partial charge is 0.387 e. The van der Waals surface area contributed by atoms with E-state index in [-0.39, 0.29) is 16.7 Å². The number of aromatic nitrogens is 3. The van der Waals surface area contributed by atoms with Crippen molar-refractivity contribution in [2.75, 3.05) is 23.7 Å². The van der Waals surface area contributed by atoms with Gasteiger partial charge in [0, 0.05) is 31.6 Å². The molecule has 1 saturated heterocycles. The maximum atomic E-state index is 14.8. The fraction of sp³-hybridized carbons (Fsp3) is 0.588. The molecular weight excluding hydrogens is 377 g/mol. The summed E-state index contributed by atoms with van der Waals surface area (Å²) >= 11 is 7.46. The lowest BCUT2D eigenvalue weighted by molar-refractivity contribution is 0.149. The Morgan fingerprint density at radius 3 is 2.88 bits per heavy atom. The van der Waals surface area contributed by atoms with Gasteiger partial charge in [-0.05, 0) is 12.2 Å². The van der Waals surface area contributed by atoms with E-state index in [0.717, 1.165) is 25.3 Å². The van der Waals surface area contributed by atoms with Crippen molar-refractivity contribution in [1.29, 1.82) is 0 Å². The average molecular weight is 398 g/mol. The number of nitrogens with zero attached hydrogens (tertiary/aromatic N) is 4. The summed E-state index contributed by atoms with van der Waals surface area (Å²) in [5, 5.41) is 15.0. The zero-order valence-corrected chi connectivity index (χ0v) is 16.2. The molecule has 6 nitrogen and oxygen atoms in total. The van der Waals surface area contributed by atoms with Crippen LogP contribution in [-0.4, -0.2) is 51.0 Å². The number of rotatable bonds is 3. The van der Waals surface area contributed by atoms with Crippen molar-refractivity contribution < 1.29 is 9.50 Å². The normalized spacial score (nSPS) is 25.3. The number of pyridine rings is 1. The first kappa shape index (κ1) is 18.2. The molecule has 2 N–H and O–H groups in total. The maximum absolute atomic E-state index is 14.8. The Morgan fingerprint density at radius 1 is 1.35 bits per heavy atom. The first-order valence-electron chi connectivity index (χ1n) is 8.90. The third kappa shape index (κ3) is 2.93. The molecule has 26 heavy (non-hydrogen) atoms. The minimum Gasteiger partial charge on any atom is -0.387 e. The minimum atomic E-state index is -0.836. The quantitative estimate of drug-likeness (QED) is 0.468. The van der Waals surface area contributed by atoms with Gasteiger partial charge in [-0.2, -0.15) is 0 Å². The van der Waals surface area contributed by atoms with Crippen molar-refractivity contribution in [2.24, 2.45) is 0 Å². The smallest absolute Gasteiger partial charge is 0.190 e. The monoisotopic (exact) mass is 397 g/mol. The molecule has 1 fully saturated rings. The molecule has 0 bridgehead atoms. The Balaban J connectivity index is 1.99. The molecule has 2 aliphatic rings. The zero-order valence-electron chi connectivity index (χ0n) is 14.7. The van der Waals surface area contributed by atoms with Gasteiger partial charge in [-0.15, -0.1) is 0 Å². The number of nitrogens with one attached hydrogen (secondary N) is 1. The van der Waals surface area contributed by atoms with Crippen LogP contribution in [0.25, 0.3) is 10.9 Å². The highest BCUT2D eigenvalue weighted by Crippen LogP contribution is 2.41. The topological polar surface area (TPSA) is 74.2 Å². The van der Waals surface area contributed by atoms with Gasteiger partial charge in [-0.25, -0.2) is 19.3 Å². The average Bonchev–Trinajstić information content (AvgIpc) is 2.75. The minimum absolute atomic E-state index is 0.0569.